The Balaban J connectivity index is 2.33. The van der Waals surface area contributed by atoms with Crippen LogP contribution in [-0.4, -0.2) is 8.96 Å². The standard InChI is InChI=1S/C22H23O2PS/c1-22(2,3)26(24)21-17-11-10-16-20(21)25(23,18-12-6-4-7-13-18)19-14-8-5-9-15-19/h4-17H,1-3H3. The van der Waals surface area contributed by atoms with Gasteiger partial charge in [-0.25, -0.2) is 0 Å². The predicted molar refractivity (Wildman–Crippen MR) is 112 cm³/mol. The molecule has 0 N–H and O–H groups in total. The Hall–Kier alpha value is -1.96. The van der Waals surface area contributed by atoms with Gasteiger partial charge in [0.15, 0.2) is 7.14 Å². The van der Waals surface area contributed by atoms with Crippen LogP contribution in [0.5, 0.6) is 0 Å². The van der Waals surface area contributed by atoms with Gasteiger partial charge in [-0.15, -0.1) is 0 Å². The van der Waals surface area contributed by atoms with E-state index in [1.807, 2.05) is 106 Å². The maximum Gasteiger partial charge on any atom is 0.172 e. The van der Waals surface area contributed by atoms with E-state index >= 15 is 0 Å². The first-order valence-electron chi connectivity index (χ1n) is 8.58. The third kappa shape index (κ3) is 3.47. The van der Waals surface area contributed by atoms with Gasteiger partial charge in [-0.05, 0) is 32.9 Å². The summed E-state index contributed by atoms with van der Waals surface area (Å²) in [4.78, 5) is 0.649. The minimum atomic E-state index is -3.13. The highest BCUT2D eigenvalue weighted by Crippen LogP contribution is 2.44. The second-order valence-corrected chi connectivity index (χ2v) is 12.1. The van der Waals surface area contributed by atoms with E-state index in [2.05, 4.69) is 0 Å². The monoisotopic (exact) mass is 382 g/mol. The highest BCUT2D eigenvalue weighted by molar-refractivity contribution is 7.90. The first kappa shape index (κ1) is 18.8. The van der Waals surface area contributed by atoms with Crippen molar-refractivity contribution in [2.75, 3.05) is 0 Å². The van der Waals surface area contributed by atoms with E-state index < -0.39 is 22.7 Å². The molecule has 0 saturated heterocycles. The fourth-order valence-corrected chi connectivity index (χ4v) is 7.38. The molecule has 134 valence electrons. The third-order valence-electron chi connectivity index (χ3n) is 4.20. The summed E-state index contributed by atoms with van der Waals surface area (Å²) < 4.78 is 27.3. The summed E-state index contributed by atoms with van der Waals surface area (Å²) in [5.41, 5.74) is 0. The topological polar surface area (TPSA) is 34.1 Å². The first-order chi connectivity index (χ1) is 12.3. The van der Waals surface area contributed by atoms with Crippen molar-refractivity contribution in [2.45, 2.75) is 30.4 Å². The van der Waals surface area contributed by atoms with Crippen LogP contribution in [0.25, 0.3) is 0 Å². The highest BCUT2D eigenvalue weighted by Gasteiger charge is 2.35. The third-order valence-corrected chi connectivity index (χ3v) is 9.34. The lowest BCUT2D eigenvalue weighted by atomic mass is 10.3. The van der Waals surface area contributed by atoms with Crippen LogP contribution in [0.15, 0.2) is 89.8 Å². The Bertz CT molecular complexity index is 917. The molecule has 3 aromatic rings. The fraction of sp³-hybridized carbons (Fsp3) is 0.182. The second-order valence-electron chi connectivity index (χ2n) is 7.13. The van der Waals surface area contributed by atoms with Gasteiger partial charge in [0.2, 0.25) is 0 Å². The zero-order chi connectivity index (χ0) is 18.8. The average molecular weight is 382 g/mol. The summed E-state index contributed by atoms with van der Waals surface area (Å²) in [6.45, 7) is 5.82. The molecule has 1 unspecified atom stereocenters. The number of hydrogen-bond donors (Lipinski definition) is 0. The van der Waals surface area contributed by atoms with Crippen LogP contribution in [-0.2, 0) is 15.4 Å². The molecule has 0 radical (unpaired) electrons. The molecule has 0 spiro atoms. The molecule has 3 aromatic carbocycles. The van der Waals surface area contributed by atoms with Gasteiger partial charge >= 0.3 is 0 Å². The van der Waals surface area contributed by atoms with E-state index in [0.717, 1.165) is 10.6 Å². The van der Waals surface area contributed by atoms with Crippen molar-refractivity contribution < 1.29 is 8.77 Å². The van der Waals surface area contributed by atoms with Gasteiger partial charge in [0.25, 0.3) is 0 Å². The summed E-state index contributed by atoms with van der Waals surface area (Å²) in [6, 6.07) is 26.4. The predicted octanol–water partition coefficient (Wildman–Crippen LogP) is 4.23. The molecule has 0 aliphatic carbocycles. The van der Waals surface area contributed by atoms with Crippen LogP contribution >= 0.6 is 7.14 Å². The fourth-order valence-electron chi connectivity index (χ4n) is 2.91. The van der Waals surface area contributed by atoms with Crippen LogP contribution < -0.4 is 15.9 Å². The van der Waals surface area contributed by atoms with Crippen molar-refractivity contribution in [1.29, 1.82) is 0 Å². The Labute approximate surface area is 158 Å². The van der Waals surface area contributed by atoms with Crippen molar-refractivity contribution in [2.24, 2.45) is 0 Å². The quantitative estimate of drug-likeness (QED) is 0.633. The van der Waals surface area contributed by atoms with Crippen molar-refractivity contribution in [3.05, 3.63) is 84.9 Å². The lowest BCUT2D eigenvalue weighted by Gasteiger charge is -2.25. The Morgan fingerprint density at radius 2 is 1.12 bits per heavy atom. The molecular weight excluding hydrogens is 359 g/mol. The molecule has 0 saturated carbocycles. The van der Waals surface area contributed by atoms with Gasteiger partial charge < -0.3 is 4.57 Å². The van der Waals surface area contributed by atoms with E-state index in [1.54, 1.807) is 0 Å². The zero-order valence-electron chi connectivity index (χ0n) is 15.3. The Kier molecular flexibility index (Phi) is 5.32. The smallest absolute Gasteiger partial charge is 0.172 e. The van der Waals surface area contributed by atoms with E-state index in [9.17, 15) is 8.77 Å². The minimum Gasteiger partial charge on any atom is -0.309 e. The largest absolute Gasteiger partial charge is 0.309 e. The maximum absolute atomic E-state index is 14.5. The molecular formula is C22H23O2PS. The molecule has 0 bridgehead atoms. The van der Waals surface area contributed by atoms with Gasteiger partial charge in [0, 0.05) is 20.7 Å². The normalized spacial score (nSPS) is 13.3. The molecule has 0 fully saturated rings. The van der Waals surface area contributed by atoms with Gasteiger partial charge in [-0.2, -0.15) is 0 Å². The molecule has 4 heteroatoms. The summed E-state index contributed by atoms with van der Waals surface area (Å²) in [7, 11) is -4.41. The van der Waals surface area contributed by atoms with Crippen LogP contribution in [0, 0.1) is 0 Å². The molecule has 0 heterocycles. The van der Waals surface area contributed by atoms with Gasteiger partial charge in [-0.3, -0.25) is 4.21 Å². The Morgan fingerprint density at radius 3 is 1.58 bits per heavy atom. The molecule has 0 amide bonds. The van der Waals surface area contributed by atoms with Crippen molar-refractivity contribution in [3.63, 3.8) is 0 Å². The molecule has 2 nitrogen and oxygen atoms in total. The van der Waals surface area contributed by atoms with Crippen molar-refractivity contribution in [3.8, 4) is 0 Å². The van der Waals surface area contributed by atoms with E-state index in [4.69, 9.17) is 0 Å². The number of hydrogen-bond acceptors (Lipinski definition) is 2. The summed E-state index contributed by atoms with van der Waals surface area (Å²) in [5.74, 6) is 0. The first-order valence-corrected chi connectivity index (χ1v) is 11.4. The van der Waals surface area contributed by atoms with Crippen LogP contribution in [0.1, 0.15) is 20.8 Å². The molecule has 0 aromatic heterocycles. The van der Waals surface area contributed by atoms with Crippen LogP contribution in [0.3, 0.4) is 0 Å². The van der Waals surface area contributed by atoms with E-state index in [-0.39, 0.29) is 0 Å². The molecule has 1 atom stereocenters. The Morgan fingerprint density at radius 1 is 0.692 bits per heavy atom. The summed E-state index contributed by atoms with van der Waals surface area (Å²) in [6.07, 6.45) is 0. The van der Waals surface area contributed by atoms with Gasteiger partial charge in [0.1, 0.15) is 0 Å². The van der Waals surface area contributed by atoms with Gasteiger partial charge in [0.05, 0.1) is 15.7 Å². The lowest BCUT2D eigenvalue weighted by Crippen LogP contribution is -2.31. The minimum absolute atomic E-state index is 0.436. The van der Waals surface area contributed by atoms with E-state index in [0.29, 0.717) is 10.2 Å². The molecule has 26 heavy (non-hydrogen) atoms. The number of benzene rings is 3. The highest BCUT2D eigenvalue weighted by atomic mass is 32.2. The van der Waals surface area contributed by atoms with Crippen LogP contribution in [0.2, 0.25) is 0 Å². The van der Waals surface area contributed by atoms with E-state index in [1.165, 1.54) is 0 Å². The molecule has 0 aliphatic heterocycles. The average Bonchev–Trinajstić information content (AvgIpc) is 2.67. The molecule has 3 rings (SSSR count). The maximum atomic E-state index is 14.5. The SMILES string of the molecule is CC(C)(C)S(=O)c1ccccc1P(=O)(c1ccccc1)c1ccccc1. The number of rotatable bonds is 4. The van der Waals surface area contributed by atoms with Gasteiger partial charge in [-0.1, -0.05) is 72.8 Å². The van der Waals surface area contributed by atoms with Crippen molar-refractivity contribution >= 4 is 33.9 Å². The zero-order valence-corrected chi connectivity index (χ0v) is 17.0. The lowest BCUT2D eigenvalue weighted by molar-refractivity contribution is 0.592. The van der Waals surface area contributed by atoms with Crippen molar-refractivity contribution in [1.82, 2.24) is 0 Å². The molecule has 0 aliphatic rings. The van der Waals surface area contributed by atoms with Crippen LogP contribution in [0.4, 0.5) is 0 Å². The summed E-state index contributed by atoms with van der Waals surface area (Å²) in [5, 5.41) is 2.17. The second kappa shape index (κ2) is 7.34. The summed E-state index contributed by atoms with van der Waals surface area (Å²) >= 11 is 0.